The van der Waals surface area contributed by atoms with Gasteiger partial charge >= 0.3 is 0 Å². The van der Waals surface area contributed by atoms with Gasteiger partial charge in [-0.15, -0.1) is 0 Å². The molecule has 0 aromatic carbocycles. The summed E-state index contributed by atoms with van der Waals surface area (Å²) >= 11 is 0. The van der Waals surface area contributed by atoms with Crippen molar-refractivity contribution in [3.05, 3.63) is 11.6 Å². The van der Waals surface area contributed by atoms with Gasteiger partial charge in [0.05, 0.1) is 0 Å². The molecule has 0 N–H and O–H groups in total. The molecule has 0 saturated heterocycles. The van der Waals surface area contributed by atoms with Crippen molar-refractivity contribution in [1.29, 1.82) is 0 Å². The van der Waals surface area contributed by atoms with E-state index in [9.17, 15) is 0 Å². The third kappa shape index (κ3) is 3.84. The van der Waals surface area contributed by atoms with Gasteiger partial charge in [-0.3, -0.25) is 0 Å². The minimum absolute atomic E-state index is 0.512. The van der Waals surface area contributed by atoms with E-state index in [0.717, 1.165) is 41.5 Å². The number of nitrogens with zero attached hydrogens (tertiary/aromatic N) is 1. The van der Waals surface area contributed by atoms with Gasteiger partial charge in [-0.2, -0.15) is 0 Å². The lowest BCUT2D eigenvalue weighted by Crippen LogP contribution is -2.51. The molecular formula is C29H51N. The van der Waals surface area contributed by atoms with Crippen molar-refractivity contribution in [3.8, 4) is 0 Å². The second kappa shape index (κ2) is 8.57. The molecule has 3 fully saturated rings. The molecule has 0 radical (unpaired) electrons. The number of hydrogen-bond donors (Lipinski definition) is 0. The molecule has 0 unspecified atom stereocenters. The van der Waals surface area contributed by atoms with E-state index in [1.165, 1.54) is 70.6 Å². The number of fused-ring (bicyclic) bond motifs is 5. The van der Waals surface area contributed by atoms with Crippen LogP contribution in [-0.2, 0) is 0 Å². The highest BCUT2D eigenvalue weighted by molar-refractivity contribution is 5.26. The lowest BCUT2D eigenvalue weighted by Gasteiger charge is -2.59. The SMILES string of the molecule is CC(C)CCC[C@@H](C)[C@@H]1CC[C@@H]2[C@@H]3CC=C4C[C@H](N(C)C)CC[C@]4(C)[C@H]3CC[C@@]21C. The summed E-state index contributed by atoms with van der Waals surface area (Å²) in [6.45, 7) is 12.8. The van der Waals surface area contributed by atoms with Crippen molar-refractivity contribution in [1.82, 2.24) is 4.90 Å². The summed E-state index contributed by atoms with van der Waals surface area (Å²) in [7, 11) is 4.57. The van der Waals surface area contributed by atoms with E-state index in [2.05, 4.69) is 59.7 Å². The zero-order valence-corrected chi connectivity index (χ0v) is 21.3. The molecule has 0 aliphatic heterocycles. The van der Waals surface area contributed by atoms with Gasteiger partial charge in [-0.05, 0) is 112 Å². The molecule has 0 amide bonds. The average molecular weight is 414 g/mol. The smallest absolute Gasteiger partial charge is 0.0127 e. The Hall–Kier alpha value is -0.300. The summed E-state index contributed by atoms with van der Waals surface area (Å²) in [5, 5.41) is 0. The minimum atomic E-state index is 0.512. The topological polar surface area (TPSA) is 3.24 Å². The van der Waals surface area contributed by atoms with Crippen molar-refractivity contribution in [3.63, 3.8) is 0 Å². The fourth-order valence-corrected chi connectivity index (χ4v) is 9.11. The first-order valence-corrected chi connectivity index (χ1v) is 13.5. The van der Waals surface area contributed by atoms with Crippen LogP contribution in [0.5, 0.6) is 0 Å². The molecule has 1 heteroatoms. The average Bonchev–Trinajstić information content (AvgIpc) is 3.04. The van der Waals surface area contributed by atoms with Crippen LogP contribution in [0.3, 0.4) is 0 Å². The molecule has 30 heavy (non-hydrogen) atoms. The largest absolute Gasteiger partial charge is 0.306 e. The number of hydrogen-bond acceptors (Lipinski definition) is 1. The van der Waals surface area contributed by atoms with Crippen LogP contribution in [0.15, 0.2) is 11.6 Å². The van der Waals surface area contributed by atoms with E-state index in [1.54, 1.807) is 0 Å². The first-order chi connectivity index (χ1) is 14.2. The summed E-state index contributed by atoms with van der Waals surface area (Å²) in [5.74, 6) is 5.71. The normalized spacial score (nSPS) is 44.4. The number of rotatable bonds is 6. The van der Waals surface area contributed by atoms with E-state index in [-0.39, 0.29) is 0 Å². The monoisotopic (exact) mass is 413 g/mol. The quantitative estimate of drug-likeness (QED) is 0.399. The maximum Gasteiger partial charge on any atom is 0.0127 e. The lowest BCUT2D eigenvalue weighted by atomic mass is 9.47. The third-order valence-corrected chi connectivity index (χ3v) is 11.0. The van der Waals surface area contributed by atoms with Gasteiger partial charge in [-0.1, -0.05) is 65.5 Å². The maximum atomic E-state index is 2.75. The van der Waals surface area contributed by atoms with Crippen molar-refractivity contribution in [2.75, 3.05) is 14.1 Å². The Labute approximate surface area is 188 Å². The van der Waals surface area contributed by atoms with Crippen LogP contribution in [0.25, 0.3) is 0 Å². The molecule has 0 aromatic rings. The van der Waals surface area contributed by atoms with Crippen molar-refractivity contribution >= 4 is 0 Å². The molecule has 0 heterocycles. The highest BCUT2D eigenvalue weighted by Crippen LogP contribution is 2.67. The zero-order valence-electron chi connectivity index (χ0n) is 21.3. The molecule has 0 spiro atoms. The molecule has 4 aliphatic carbocycles. The van der Waals surface area contributed by atoms with Crippen LogP contribution in [0.2, 0.25) is 0 Å². The van der Waals surface area contributed by atoms with E-state index in [4.69, 9.17) is 0 Å². The summed E-state index contributed by atoms with van der Waals surface area (Å²) in [6.07, 6.45) is 18.7. The highest BCUT2D eigenvalue weighted by Gasteiger charge is 2.59. The van der Waals surface area contributed by atoms with Crippen LogP contribution >= 0.6 is 0 Å². The third-order valence-electron chi connectivity index (χ3n) is 11.0. The van der Waals surface area contributed by atoms with Gasteiger partial charge in [0.1, 0.15) is 0 Å². The van der Waals surface area contributed by atoms with E-state index in [0.29, 0.717) is 10.8 Å². The van der Waals surface area contributed by atoms with Crippen LogP contribution in [0, 0.1) is 46.3 Å². The van der Waals surface area contributed by atoms with Crippen molar-refractivity contribution in [2.24, 2.45) is 46.3 Å². The summed E-state index contributed by atoms with van der Waals surface area (Å²) in [5.41, 5.74) is 2.98. The Morgan fingerprint density at radius 2 is 1.73 bits per heavy atom. The number of allylic oxidation sites excluding steroid dienone is 1. The zero-order chi connectivity index (χ0) is 21.7. The van der Waals surface area contributed by atoms with Gasteiger partial charge < -0.3 is 4.90 Å². The van der Waals surface area contributed by atoms with E-state index >= 15 is 0 Å². The van der Waals surface area contributed by atoms with Crippen LogP contribution in [-0.4, -0.2) is 25.0 Å². The predicted octanol–water partition coefficient (Wildman–Crippen LogP) is 7.96. The molecule has 0 bridgehead atoms. The second-order valence-electron chi connectivity index (χ2n) is 13.1. The Kier molecular flexibility index (Phi) is 6.53. The summed E-state index contributed by atoms with van der Waals surface area (Å²) in [4.78, 5) is 2.48. The van der Waals surface area contributed by atoms with Gasteiger partial charge in [-0.25, -0.2) is 0 Å². The Balaban J connectivity index is 1.48. The predicted molar refractivity (Wildman–Crippen MR) is 131 cm³/mol. The first-order valence-electron chi connectivity index (χ1n) is 13.5. The van der Waals surface area contributed by atoms with Gasteiger partial charge in [0, 0.05) is 6.04 Å². The molecule has 1 nitrogen and oxygen atoms in total. The van der Waals surface area contributed by atoms with Gasteiger partial charge in [0.2, 0.25) is 0 Å². The van der Waals surface area contributed by atoms with Crippen LogP contribution in [0.1, 0.15) is 105 Å². The fraction of sp³-hybridized carbons (Fsp3) is 0.931. The molecule has 8 atom stereocenters. The summed E-state index contributed by atoms with van der Waals surface area (Å²) in [6, 6.07) is 0.775. The molecule has 4 aliphatic rings. The Morgan fingerprint density at radius 3 is 2.43 bits per heavy atom. The molecule has 4 rings (SSSR count). The maximum absolute atomic E-state index is 2.75. The van der Waals surface area contributed by atoms with E-state index in [1.807, 2.05) is 5.57 Å². The summed E-state index contributed by atoms with van der Waals surface area (Å²) < 4.78 is 0. The van der Waals surface area contributed by atoms with Crippen molar-refractivity contribution < 1.29 is 0 Å². The fourth-order valence-electron chi connectivity index (χ4n) is 9.11. The molecule has 172 valence electrons. The van der Waals surface area contributed by atoms with Crippen molar-refractivity contribution in [2.45, 2.75) is 111 Å². The minimum Gasteiger partial charge on any atom is -0.306 e. The van der Waals surface area contributed by atoms with Crippen LogP contribution < -0.4 is 0 Å². The highest BCUT2D eigenvalue weighted by atomic mass is 15.1. The van der Waals surface area contributed by atoms with Gasteiger partial charge in [0.15, 0.2) is 0 Å². The Morgan fingerprint density at radius 1 is 0.967 bits per heavy atom. The lowest BCUT2D eigenvalue weighted by molar-refractivity contribution is -0.0535. The molecule has 3 saturated carbocycles. The van der Waals surface area contributed by atoms with Crippen LogP contribution in [0.4, 0.5) is 0 Å². The Bertz CT molecular complexity index is 632. The first kappa shape index (κ1) is 22.9. The van der Waals surface area contributed by atoms with E-state index < -0.39 is 0 Å². The van der Waals surface area contributed by atoms with Gasteiger partial charge in [0.25, 0.3) is 0 Å². The molecular weight excluding hydrogens is 362 g/mol. The second-order valence-corrected chi connectivity index (χ2v) is 13.1. The standard InChI is InChI=1S/C29H51N/c1-20(2)9-8-10-21(3)25-13-14-26-24-12-11-22-19-23(30(6)7)15-17-28(22,4)27(24)16-18-29(25,26)5/h11,20-21,23-27H,8-10,12-19H2,1-7H3/t21-,23-,24+,25+,26-,27+,28+,29-/m1/s1. The molecule has 0 aromatic heterocycles.